The Morgan fingerprint density at radius 1 is 1.58 bits per heavy atom. The zero-order valence-corrected chi connectivity index (χ0v) is 10.9. The molecule has 0 aromatic carbocycles. The molecule has 0 spiro atoms. The molecule has 7 nitrogen and oxygen atoms in total. The van der Waals surface area contributed by atoms with E-state index < -0.39 is 0 Å². The summed E-state index contributed by atoms with van der Waals surface area (Å²) in [5, 5.41) is 15.5. The molecule has 3 rings (SSSR count). The molecule has 19 heavy (non-hydrogen) atoms. The van der Waals surface area contributed by atoms with Gasteiger partial charge in [-0.25, -0.2) is 4.79 Å². The van der Waals surface area contributed by atoms with Crippen molar-refractivity contribution in [3.8, 4) is 0 Å². The number of nitrogens with one attached hydrogen (secondary N) is 1. The molecule has 104 valence electrons. The van der Waals surface area contributed by atoms with E-state index in [9.17, 15) is 4.79 Å². The van der Waals surface area contributed by atoms with Gasteiger partial charge in [0.25, 0.3) is 0 Å². The van der Waals surface area contributed by atoms with E-state index in [1.54, 1.807) is 4.90 Å². The second-order valence-corrected chi connectivity index (χ2v) is 5.30. The minimum absolute atomic E-state index is 0.155. The van der Waals surface area contributed by atoms with Crippen molar-refractivity contribution in [3.05, 3.63) is 5.82 Å². The van der Waals surface area contributed by atoms with E-state index in [1.165, 1.54) is 0 Å². The number of fused-ring (bicyclic) bond motifs is 1. The van der Waals surface area contributed by atoms with Crippen LogP contribution in [0, 0.1) is 11.8 Å². The van der Waals surface area contributed by atoms with Crippen molar-refractivity contribution in [2.75, 3.05) is 18.5 Å². The Morgan fingerprint density at radius 3 is 3.11 bits per heavy atom. The lowest BCUT2D eigenvalue weighted by Gasteiger charge is -2.43. The van der Waals surface area contributed by atoms with E-state index in [1.807, 2.05) is 6.92 Å². The molecule has 0 bridgehead atoms. The van der Waals surface area contributed by atoms with Crippen LogP contribution in [0.5, 0.6) is 0 Å². The summed E-state index contributed by atoms with van der Waals surface area (Å²) in [6, 6.07) is 0.221. The number of aryl methyl sites for hydroxylation is 1. The van der Waals surface area contributed by atoms with Gasteiger partial charge in [0, 0.05) is 25.6 Å². The van der Waals surface area contributed by atoms with Crippen molar-refractivity contribution in [2.45, 2.75) is 32.2 Å². The normalized spacial score (nSPS) is 28.9. The van der Waals surface area contributed by atoms with Crippen LogP contribution in [0.15, 0.2) is 4.52 Å². The fourth-order valence-electron chi connectivity index (χ4n) is 3.04. The summed E-state index contributed by atoms with van der Waals surface area (Å²) in [5.41, 5.74) is 0. The monoisotopic (exact) mass is 266 g/mol. The molecule has 2 fully saturated rings. The molecule has 1 aliphatic carbocycles. The molecule has 0 unspecified atom stereocenters. The zero-order chi connectivity index (χ0) is 13.4. The standard InChI is InChI=1S/C12H18N4O3/c1-2-10-13-11(19-15-10)14-12(18)16-5-8-3-7(6-17)4-9(8)16/h7-9,17H,2-6H2,1H3,(H,13,14,15,18)/t7-,8+,9+/m1/s1. The van der Waals surface area contributed by atoms with Crippen LogP contribution in [0.25, 0.3) is 0 Å². The number of amides is 2. The smallest absolute Gasteiger partial charge is 0.329 e. The van der Waals surface area contributed by atoms with Gasteiger partial charge in [0.05, 0.1) is 0 Å². The lowest BCUT2D eigenvalue weighted by molar-refractivity contribution is 0.0792. The Hall–Kier alpha value is -1.63. The Morgan fingerprint density at radius 2 is 2.42 bits per heavy atom. The van der Waals surface area contributed by atoms with Crippen LogP contribution in [-0.2, 0) is 6.42 Å². The van der Waals surface area contributed by atoms with Gasteiger partial charge in [-0.2, -0.15) is 4.98 Å². The van der Waals surface area contributed by atoms with E-state index in [0.29, 0.717) is 24.1 Å². The van der Waals surface area contributed by atoms with Gasteiger partial charge in [0.15, 0.2) is 5.82 Å². The highest BCUT2D eigenvalue weighted by Crippen LogP contribution is 2.42. The molecule has 1 aromatic rings. The fourth-order valence-corrected chi connectivity index (χ4v) is 3.04. The molecule has 1 saturated heterocycles. The number of nitrogens with zero attached hydrogens (tertiary/aromatic N) is 3. The maximum Gasteiger partial charge on any atom is 0.329 e. The molecule has 2 N–H and O–H groups in total. The molecule has 3 atom stereocenters. The van der Waals surface area contributed by atoms with E-state index in [0.717, 1.165) is 19.4 Å². The number of hydrogen-bond acceptors (Lipinski definition) is 5. The van der Waals surface area contributed by atoms with Crippen molar-refractivity contribution in [1.82, 2.24) is 15.0 Å². The van der Waals surface area contributed by atoms with Crippen molar-refractivity contribution in [1.29, 1.82) is 0 Å². The largest absolute Gasteiger partial charge is 0.396 e. The number of carbonyl (C=O) groups excluding carboxylic acids is 1. The lowest BCUT2D eigenvalue weighted by Crippen LogP contribution is -2.57. The molecule has 0 radical (unpaired) electrons. The van der Waals surface area contributed by atoms with Gasteiger partial charge in [0.1, 0.15) is 0 Å². The fraction of sp³-hybridized carbons (Fsp3) is 0.750. The predicted octanol–water partition coefficient (Wildman–Crippen LogP) is 0.867. The van der Waals surface area contributed by atoms with Crippen LogP contribution >= 0.6 is 0 Å². The second-order valence-electron chi connectivity index (χ2n) is 5.30. The first-order valence-electron chi connectivity index (χ1n) is 6.72. The van der Waals surface area contributed by atoms with E-state index in [4.69, 9.17) is 9.63 Å². The van der Waals surface area contributed by atoms with Gasteiger partial charge in [-0.05, 0) is 24.7 Å². The summed E-state index contributed by atoms with van der Waals surface area (Å²) >= 11 is 0. The van der Waals surface area contributed by atoms with Gasteiger partial charge in [0.2, 0.25) is 0 Å². The number of carbonyl (C=O) groups is 1. The number of aliphatic hydroxyl groups excluding tert-OH is 1. The highest BCUT2D eigenvalue weighted by atomic mass is 16.5. The van der Waals surface area contributed by atoms with Crippen molar-refractivity contribution < 1.29 is 14.4 Å². The molecular weight excluding hydrogens is 248 g/mol. The molecule has 2 heterocycles. The molecule has 1 aromatic heterocycles. The van der Waals surface area contributed by atoms with Crippen LogP contribution in [0.3, 0.4) is 0 Å². The number of likely N-dealkylation sites (tertiary alicyclic amines) is 1. The first-order chi connectivity index (χ1) is 9.21. The lowest BCUT2D eigenvalue weighted by atomic mass is 9.92. The first-order valence-corrected chi connectivity index (χ1v) is 6.72. The molecule has 2 amide bonds. The van der Waals surface area contributed by atoms with E-state index >= 15 is 0 Å². The molecule has 1 aliphatic heterocycles. The molecule has 2 aliphatic rings. The summed E-state index contributed by atoms with van der Waals surface area (Å²) in [6.07, 6.45) is 2.58. The van der Waals surface area contributed by atoms with Gasteiger partial charge in [-0.1, -0.05) is 12.1 Å². The van der Waals surface area contributed by atoms with Gasteiger partial charge in [-0.15, -0.1) is 0 Å². The second kappa shape index (κ2) is 4.80. The Bertz CT molecular complexity index is 475. The first kappa shape index (κ1) is 12.4. The maximum absolute atomic E-state index is 12.1. The summed E-state index contributed by atoms with van der Waals surface area (Å²) in [7, 11) is 0. The predicted molar refractivity (Wildman–Crippen MR) is 66.5 cm³/mol. The third kappa shape index (κ3) is 2.18. The number of hydrogen-bond donors (Lipinski definition) is 2. The Labute approximate surface area is 111 Å². The summed E-state index contributed by atoms with van der Waals surface area (Å²) in [4.78, 5) is 17.9. The highest BCUT2D eigenvalue weighted by molar-refractivity contribution is 5.88. The van der Waals surface area contributed by atoms with Gasteiger partial charge in [-0.3, -0.25) is 5.32 Å². The van der Waals surface area contributed by atoms with E-state index in [2.05, 4.69) is 15.5 Å². The number of aromatic nitrogens is 2. The zero-order valence-electron chi connectivity index (χ0n) is 10.9. The van der Waals surface area contributed by atoms with Crippen LogP contribution in [-0.4, -0.2) is 45.4 Å². The van der Waals surface area contributed by atoms with Crippen molar-refractivity contribution in [3.63, 3.8) is 0 Å². The summed E-state index contributed by atoms with van der Waals surface area (Å²) in [5.74, 6) is 1.46. The average Bonchev–Trinajstić information content (AvgIpc) is 2.95. The van der Waals surface area contributed by atoms with E-state index in [-0.39, 0.29) is 24.7 Å². The Balaban J connectivity index is 1.57. The average molecular weight is 266 g/mol. The minimum Gasteiger partial charge on any atom is -0.396 e. The number of aliphatic hydroxyl groups is 1. The Kier molecular flexibility index (Phi) is 3.14. The van der Waals surface area contributed by atoms with Crippen LogP contribution < -0.4 is 5.32 Å². The molecule has 7 heteroatoms. The van der Waals surface area contributed by atoms with Gasteiger partial charge < -0.3 is 14.5 Å². The summed E-state index contributed by atoms with van der Waals surface area (Å²) in [6.45, 7) is 2.89. The van der Waals surface area contributed by atoms with Crippen LogP contribution in [0.1, 0.15) is 25.6 Å². The SMILES string of the molecule is CCc1noc(NC(=O)N2C[C@@H]3C[C@@H](CO)C[C@@H]32)n1. The van der Waals surface area contributed by atoms with Crippen molar-refractivity contribution >= 4 is 12.0 Å². The summed E-state index contributed by atoms with van der Waals surface area (Å²) < 4.78 is 4.94. The third-order valence-electron chi connectivity index (χ3n) is 4.10. The number of rotatable bonds is 3. The third-order valence-corrected chi connectivity index (χ3v) is 4.10. The maximum atomic E-state index is 12.1. The van der Waals surface area contributed by atoms with Gasteiger partial charge >= 0.3 is 12.0 Å². The number of urea groups is 1. The highest BCUT2D eigenvalue weighted by Gasteiger charge is 2.48. The van der Waals surface area contributed by atoms with Crippen LogP contribution in [0.4, 0.5) is 10.8 Å². The molecular formula is C12H18N4O3. The quantitative estimate of drug-likeness (QED) is 0.847. The topological polar surface area (TPSA) is 91.5 Å². The number of anilines is 1. The van der Waals surface area contributed by atoms with Crippen molar-refractivity contribution in [2.24, 2.45) is 11.8 Å². The molecule has 1 saturated carbocycles. The minimum atomic E-state index is -0.189. The van der Waals surface area contributed by atoms with Crippen LogP contribution in [0.2, 0.25) is 0 Å².